The number of esters is 1. The van der Waals surface area contributed by atoms with Gasteiger partial charge in [-0.1, -0.05) is 6.58 Å². The Bertz CT molecular complexity index is 380. The van der Waals surface area contributed by atoms with Crippen molar-refractivity contribution in [3.05, 3.63) is 12.7 Å². The highest BCUT2D eigenvalue weighted by atomic mass is 16.6. The van der Waals surface area contributed by atoms with Gasteiger partial charge in [0.2, 0.25) is 11.6 Å². The Balaban J connectivity index is 2.22. The molecule has 1 amide bonds. The van der Waals surface area contributed by atoms with Gasteiger partial charge in [-0.05, 0) is 12.5 Å². The van der Waals surface area contributed by atoms with Gasteiger partial charge in [0.1, 0.15) is 0 Å². The molecule has 6 nitrogen and oxygen atoms in total. The van der Waals surface area contributed by atoms with E-state index in [1.807, 2.05) is 0 Å². The number of amides is 1. The molecule has 92 valence electrons. The Kier molecular flexibility index (Phi) is 2.87. The van der Waals surface area contributed by atoms with Crippen LogP contribution in [0.4, 0.5) is 0 Å². The standard InChI is InChI=1S/C11H13NO5/c1-2-9(14)12-11(16-6-13)4-3-7-5-8(11)17-10(7)15/h2,6-8H,1,3-5H2,(H,12,14). The zero-order valence-corrected chi connectivity index (χ0v) is 9.18. The Morgan fingerprint density at radius 3 is 3.06 bits per heavy atom. The minimum atomic E-state index is -1.24. The third kappa shape index (κ3) is 1.90. The minimum Gasteiger partial charge on any atom is -0.456 e. The van der Waals surface area contributed by atoms with Crippen LogP contribution in [0.3, 0.4) is 0 Å². The number of ether oxygens (including phenoxy) is 2. The van der Waals surface area contributed by atoms with E-state index in [1.165, 1.54) is 0 Å². The molecule has 1 saturated heterocycles. The maximum atomic E-state index is 11.4. The summed E-state index contributed by atoms with van der Waals surface area (Å²) in [4.78, 5) is 33.3. The predicted octanol–water partition coefficient (Wildman–Crippen LogP) is -0.117. The molecule has 2 fully saturated rings. The fraction of sp³-hybridized carbons (Fsp3) is 0.545. The number of fused-ring (bicyclic) bond motifs is 2. The van der Waals surface area contributed by atoms with Gasteiger partial charge in [0.15, 0.2) is 6.10 Å². The van der Waals surface area contributed by atoms with Crippen LogP contribution in [0, 0.1) is 5.92 Å². The van der Waals surface area contributed by atoms with Crippen molar-refractivity contribution in [3.63, 3.8) is 0 Å². The minimum absolute atomic E-state index is 0.149. The molecule has 1 N–H and O–H groups in total. The molecule has 0 aromatic carbocycles. The molecular weight excluding hydrogens is 226 g/mol. The van der Waals surface area contributed by atoms with E-state index in [0.717, 1.165) is 6.08 Å². The van der Waals surface area contributed by atoms with Gasteiger partial charge >= 0.3 is 5.97 Å². The van der Waals surface area contributed by atoms with E-state index < -0.39 is 17.7 Å². The van der Waals surface area contributed by atoms with Crippen molar-refractivity contribution in [3.8, 4) is 0 Å². The summed E-state index contributed by atoms with van der Waals surface area (Å²) < 4.78 is 10.1. The molecule has 0 radical (unpaired) electrons. The molecular formula is C11H13NO5. The quantitative estimate of drug-likeness (QED) is 0.320. The van der Waals surface area contributed by atoms with E-state index >= 15 is 0 Å². The summed E-state index contributed by atoms with van der Waals surface area (Å²) in [6, 6.07) is 0. The van der Waals surface area contributed by atoms with Crippen molar-refractivity contribution in [1.29, 1.82) is 0 Å². The molecule has 17 heavy (non-hydrogen) atoms. The van der Waals surface area contributed by atoms with E-state index in [9.17, 15) is 14.4 Å². The van der Waals surface area contributed by atoms with Crippen molar-refractivity contribution in [2.45, 2.75) is 31.1 Å². The summed E-state index contributed by atoms with van der Waals surface area (Å²) in [6.07, 6.45) is 1.83. The fourth-order valence-corrected chi connectivity index (χ4v) is 2.36. The SMILES string of the molecule is C=CC(=O)NC1(OC=O)CCC2CC1OC2=O. The summed E-state index contributed by atoms with van der Waals surface area (Å²) >= 11 is 0. The van der Waals surface area contributed by atoms with Crippen LogP contribution < -0.4 is 5.32 Å². The number of hydrogen-bond acceptors (Lipinski definition) is 5. The van der Waals surface area contributed by atoms with Gasteiger partial charge in [0.25, 0.3) is 6.47 Å². The van der Waals surface area contributed by atoms with Crippen LogP contribution in [0.2, 0.25) is 0 Å². The molecule has 6 heteroatoms. The third-order valence-corrected chi connectivity index (χ3v) is 3.25. The van der Waals surface area contributed by atoms with Crippen molar-refractivity contribution >= 4 is 18.3 Å². The molecule has 1 aliphatic heterocycles. The molecule has 0 spiro atoms. The normalized spacial score (nSPS) is 34.7. The number of carbonyl (C=O) groups is 3. The summed E-state index contributed by atoms with van der Waals surface area (Å²) in [7, 11) is 0. The first-order valence-corrected chi connectivity index (χ1v) is 5.38. The van der Waals surface area contributed by atoms with Crippen LogP contribution >= 0.6 is 0 Å². The lowest BCUT2D eigenvalue weighted by Crippen LogP contribution is -2.59. The average Bonchev–Trinajstić information content (AvgIpc) is 2.63. The first kappa shape index (κ1) is 11.6. The Morgan fingerprint density at radius 2 is 2.41 bits per heavy atom. The van der Waals surface area contributed by atoms with Crippen LogP contribution in [0.25, 0.3) is 0 Å². The summed E-state index contributed by atoms with van der Waals surface area (Å²) in [6.45, 7) is 3.59. The first-order chi connectivity index (χ1) is 8.11. The summed E-state index contributed by atoms with van der Waals surface area (Å²) in [5.41, 5.74) is -1.24. The predicted molar refractivity (Wildman–Crippen MR) is 55.4 cm³/mol. The van der Waals surface area contributed by atoms with E-state index in [4.69, 9.17) is 9.47 Å². The van der Waals surface area contributed by atoms with Gasteiger partial charge in [-0.15, -0.1) is 0 Å². The largest absolute Gasteiger partial charge is 0.456 e. The van der Waals surface area contributed by atoms with Gasteiger partial charge in [-0.3, -0.25) is 14.4 Å². The molecule has 1 saturated carbocycles. The van der Waals surface area contributed by atoms with E-state index in [-0.39, 0.29) is 18.4 Å². The van der Waals surface area contributed by atoms with Crippen molar-refractivity contribution in [2.24, 2.45) is 5.92 Å². The van der Waals surface area contributed by atoms with Crippen LogP contribution in [0.15, 0.2) is 12.7 Å². The molecule has 3 atom stereocenters. The van der Waals surface area contributed by atoms with Crippen molar-refractivity contribution < 1.29 is 23.9 Å². The van der Waals surface area contributed by atoms with Gasteiger partial charge in [0, 0.05) is 12.8 Å². The van der Waals surface area contributed by atoms with Crippen LogP contribution in [-0.2, 0) is 23.9 Å². The Hall–Kier alpha value is -1.85. The van der Waals surface area contributed by atoms with Crippen LogP contribution in [0.5, 0.6) is 0 Å². The fourth-order valence-electron chi connectivity index (χ4n) is 2.36. The van der Waals surface area contributed by atoms with Crippen molar-refractivity contribution in [2.75, 3.05) is 0 Å². The zero-order chi connectivity index (χ0) is 12.5. The molecule has 0 aromatic rings. The van der Waals surface area contributed by atoms with Gasteiger partial charge < -0.3 is 14.8 Å². The number of rotatable bonds is 4. The first-order valence-electron chi connectivity index (χ1n) is 5.38. The second-order valence-corrected chi connectivity index (χ2v) is 4.19. The van der Waals surface area contributed by atoms with Gasteiger partial charge in [-0.2, -0.15) is 0 Å². The number of nitrogens with one attached hydrogen (secondary N) is 1. The summed E-state index contributed by atoms with van der Waals surface area (Å²) in [5, 5.41) is 2.54. The highest BCUT2D eigenvalue weighted by Crippen LogP contribution is 2.41. The van der Waals surface area contributed by atoms with Gasteiger partial charge in [-0.25, -0.2) is 0 Å². The maximum Gasteiger partial charge on any atom is 0.309 e. The maximum absolute atomic E-state index is 11.4. The zero-order valence-electron chi connectivity index (χ0n) is 9.18. The molecule has 0 aromatic heterocycles. The monoisotopic (exact) mass is 239 g/mol. The molecule has 2 bridgehead atoms. The molecule has 1 heterocycles. The Labute approximate surface area is 97.9 Å². The molecule has 2 aliphatic rings. The second kappa shape index (κ2) is 4.20. The third-order valence-electron chi connectivity index (χ3n) is 3.25. The second-order valence-electron chi connectivity index (χ2n) is 4.19. The van der Waals surface area contributed by atoms with E-state index in [2.05, 4.69) is 11.9 Å². The smallest absolute Gasteiger partial charge is 0.309 e. The van der Waals surface area contributed by atoms with E-state index in [1.54, 1.807) is 0 Å². The number of hydrogen-bond donors (Lipinski definition) is 1. The highest BCUT2D eigenvalue weighted by molar-refractivity contribution is 5.87. The lowest BCUT2D eigenvalue weighted by Gasteiger charge is -2.38. The molecule has 3 unspecified atom stereocenters. The van der Waals surface area contributed by atoms with Crippen LogP contribution in [0.1, 0.15) is 19.3 Å². The highest BCUT2D eigenvalue weighted by Gasteiger charge is 2.55. The molecule has 2 rings (SSSR count). The summed E-state index contributed by atoms with van der Waals surface area (Å²) in [5.74, 6) is -0.906. The number of carbonyl (C=O) groups excluding carboxylic acids is 3. The lowest BCUT2D eigenvalue weighted by molar-refractivity contribution is -0.177. The van der Waals surface area contributed by atoms with Crippen molar-refractivity contribution in [1.82, 2.24) is 5.32 Å². The van der Waals surface area contributed by atoms with E-state index in [0.29, 0.717) is 19.3 Å². The lowest BCUT2D eigenvalue weighted by atomic mass is 9.83. The average molecular weight is 239 g/mol. The topological polar surface area (TPSA) is 81.7 Å². The Morgan fingerprint density at radius 1 is 1.65 bits per heavy atom. The molecule has 1 aliphatic carbocycles. The van der Waals surface area contributed by atoms with Gasteiger partial charge in [0.05, 0.1) is 5.92 Å². The van der Waals surface area contributed by atoms with Crippen LogP contribution in [-0.4, -0.2) is 30.2 Å².